The maximum absolute atomic E-state index is 13.9. The van der Waals surface area contributed by atoms with Gasteiger partial charge in [0.2, 0.25) is 11.6 Å². The van der Waals surface area contributed by atoms with Crippen molar-refractivity contribution in [1.29, 1.82) is 0 Å². The number of amides is 1. The molecule has 0 unspecified atom stereocenters. The average Bonchev–Trinajstić information content (AvgIpc) is 2.86. The van der Waals surface area contributed by atoms with E-state index in [-0.39, 0.29) is 25.2 Å². The number of rotatable bonds is 6. The van der Waals surface area contributed by atoms with E-state index in [0.717, 1.165) is 4.90 Å². The lowest BCUT2D eigenvalue weighted by molar-refractivity contribution is -0.185. The largest absolute Gasteiger partial charge is 0.464 e. The Morgan fingerprint density at radius 2 is 1.50 bits per heavy atom. The van der Waals surface area contributed by atoms with E-state index in [1.54, 1.807) is 80.6 Å². The zero-order valence-corrected chi connectivity index (χ0v) is 18.9. The van der Waals surface area contributed by atoms with Crippen molar-refractivity contribution in [2.45, 2.75) is 38.0 Å². The fourth-order valence-electron chi connectivity index (χ4n) is 4.45. The van der Waals surface area contributed by atoms with Crippen LogP contribution in [0.4, 0.5) is 0 Å². The van der Waals surface area contributed by atoms with Gasteiger partial charge in [0.25, 0.3) is 5.91 Å². The van der Waals surface area contributed by atoms with Crippen LogP contribution in [0.5, 0.6) is 0 Å². The number of carbonyl (C=O) groups is 4. The highest BCUT2D eigenvalue weighted by Crippen LogP contribution is 2.46. The van der Waals surface area contributed by atoms with Crippen molar-refractivity contribution in [3.63, 3.8) is 0 Å². The molecule has 2 aromatic carbocycles. The lowest BCUT2D eigenvalue weighted by atomic mass is 9.79. The summed E-state index contributed by atoms with van der Waals surface area (Å²) in [6, 6.07) is 14.5. The van der Waals surface area contributed by atoms with Gasteiger partial charge in [-0.1, -0.05) is 54.6 Å². The van der Waals surface area contributed by atoms with E-state index < -0.39 is 41.5 Å². The summed E-state index contributed by atoms with van der Waals surface area (Å²) in [5.41, 5.74) is -0.628. The minimum absolute atomic E-state index is 0.0133. The molecule has 8 nitrogen and oxygen atoms in total. The average molecular weight is 463 g/mol. The van der Waals surface area contributed by atoms with E-state index >= 15 is 0 Å². The summed E-state index contributed by atoms with van der Waals surface area (Å²) >= 11 is 0. The van der Waals surface area contributed by atoms with E-state index in [2.05, 4.69) is 0 Å². The second kappa shape index (κ2) is 9.51. The van der Waals surface area contributed by atoms with Crippen molar-refractivity contribution < 1.29 is 33.4 Å². The molecular weight excluding hydrogens is 438 g/mol. The quantitative estimate of drug-likeness (QED) is 0.281. The van der Waals surface area contributed by atoms with Crippen molar-refractivity contribution in [2.75, 3.05) is 13.2 Å². The van der Waals surface area contributed by atoms with Gasteiger partial charge in [-0.2, -0.15) is 0 Å². The molecule has 176 valence electrons. The third kappa shape index (κ3) is 3.75. The van der Waals surface area contributed by atoms with Crippen LogP contribution in [0, 0.1) is 0 Å². The van der Waals surface area contributed by atoms with Crippen LogP contribution < -0.4 is 0 Å². The van der Waals surface area contributed by atoms with Gasteiger partial charge in [0.05, 0.1) is 24.8 Å². The van der Waals surface area contributed by atoms with Crippen LogP contribution in [0.1, 0.15) is 53.9 Å². The van der Waals surface area contributed by atoms with E-state index in [0.29, 0.717) is 11.1 Å². The van der Waals surface area contributed by atoms with Crippen LogP contribution in [0.3, 0.4) is 0 Å². The molecule has 1 amide bonds. The Morgan fingerprint density at radius 1 is 0.912 bits per heavy atom. The minimum atomic E-state index is -2.03. The lowest BCUT2D eigenvalue weighted by Gasteiger charge is -2.49. The highest BCUT2D eigenvalue weighted by Gasteiger charge is 2.61. The van der Waals surface area contributed by atoms with Gasteiger partial charge in [0.15, 0.2) is 0 Å². The first kappa shape index (κ1) is 23.2. The van der Waals surface area contributed by atoms with Gasteiger partial charge in [-0.15, -0.1) is 0 Å². The second-order valence-corrected chi connectivity index (χ2v) is 7.87. The zero-order valence-electron chi connectivity index (χ0n) is 18.9. The van der Waals surface area contributed by atoms with Crippen LogP contribution in [0.15, 0.2) is 66.7 Å². The molecule has 0 saturated carbocycles. The van der Waals surface area contributed by atoms with Gasteiger partial charge >= 0.3 is 17.9 Å². The van der Waals surface area contributed by atoms with E-state index in [4.69, 9.17) is 14.2 Å². The number of hydrogen-bond donors (Lipinski definition) is 0. The van der Waals surface area contributed by atoms with Crippen LogP contribution in [0.2, 0.25) is 0 Å². The van der Waals surface area contributed by atoms with Crippen molar-refractivity contribution in [3.05, 3.63) is 83.4 Å². The molecule has 0 N–H and O–H groups in total. The van der Waals surface area contributed by atoms with Crippen molar-refractivity contribution in [3.8, 4) is 0 Å². The third-order valence-corrected chi connectivity index (χ3v) is 5.94. The zero-order chi connectivity index (χ0) is 24.3. The van der Waals surface area contributed by atoms with Crippen molar-refractivity contribution >= 4 is 23.8 Å². The van der Waals surface area contributed by atoms with Crippen LogP contribution >= 0.6 is 0 Å². The van der Waals surface area contributed by atoms with Crippen LogP contribution in [-0.4, -0.2) is 47.5 Å². The van der Waals surface area contributed by atoms with Gasteiger partial charge in [-0.3, -0.25) is 4.79 Å². The Kier molecular flexibility index (Phi) is 6.49. The Labute approximate surface area is 197 Å². The summed E-state index contributed by atoms with van der Waals surface area (Å²) in [7, 11) is 0. The van der Waals surface area contributed by atoms with Gasteiger partial charge in [0.1, 0.15) is 0 Å². The van der Waals surface area contributed by atoms with Gasteiger partial charge in [-0.05, 0) is 31.5 Å². The van der Waals surface area contributed by atoms with Crippen molar-refractivity contribution in [2.24, 2.45) is 0 Å². The SMILES string of the molecule is CCOC(=O)C1(C(=O)OCC)CC=C[C@@H]2c3ccccc3[C@@H](OC(=O)c3ccccc3)C(=O)N21. The standard InChI is InChI=1S/C26H25NO7/c1-3-32-24(30)26(25(31)33-4-2)16-10-15-20-18-13-8-9-14-19(18)21(22(28)27(20)26)34-23(29)17-11-6-5-7-12-17/h5-15,20-21H,3-4,16H2,1-2H3/t20-,21-/m1/s1. The topological polar surface area (TPSA) is 99.2 Å². The van der Waals surface area contributed by atoms with E-state index in [1.807, 2.05) is 0 Å². The number of ether oxygens (including phenoxy) is 3. The molecular formula is C26H25NO7. The first-order valence-corrected chi connectivity index (χ1v) is 11.1. The molecule has 34 heavy (non-hydrogen) atoms. The molecule has 0 radical (unpaired) electrons. The first-order chi connectivity index (χ1) is 16.5. The lowest BCUT2D eigenvalue weighted by Crippen LogP contribution is -2.66. The summed E-state index contributed by atoms with van der Waals surface area (Å²) in [6.45, 7) is 3.26. The van der Waals surface area contributed by atoms with E-state index in [1.165, 1.54) is 0 Å². The van der Waals surface area contributed by atoms with Crippen LogP contribution in [-0.2, 0) is 28.6 Å². The molecule has 0 saturated heterocycles. The molecule has 0 fully saturated rings. The molecule has 4 rings (SSSR count). The summed E-state index contributed by atoms with van der Waals surface area (Å²) < 4.78 is 16.2. The Hall–Kier alpha value is -3.94. The summed E-state index contributed by atoms with van der Waals surface area (Å²) in [6.07, 6.45) is 1.96. The summed E-state index contributed by atoms with van der Waals surface area (Å²) in [5, 5.41) is 0. The van der Waals surface area contributed by atoms with Crippen LogP contribution in [0.25, 0.3) is 0 Å². The number of carbonyl (C=O) groups excluding carboxylic acids is 4. The predicted octanol–water partition coefficient (Wildman–Crippen LogP) is 3.29. The molecule has 2 aliphatic heterocycles. The van der Waals surface area contributed by atoms with Gasteiger partial charge in [0, 0.05) is 12.0 Å². The highest BCUT2D eigenvalue weighted by atomic mass is 16.6. The fourth-order valence-corrected chi connectivity index (χ4v) is 4.45. The molecule has 2 atom stereocenters. The highest BCUT2D eigenvalue weighted by molar-refractivity contribution is 6.09. The summed E-state index contributed by atoms with van der Waals surface area (Å²) in [4.78, 5) is 54.4. The maximum Gasteiger partial charge on any atom is 0.344 e. The number of esters is 3. The second-order valence-electron chi connectivity index (χ2n) is 7.87. The Morgan fingerprint density at radius 3 is 2.12 bits per heavy atom. The third-order valence-electron chi connectivity index (χ3n) is 5.94. The first-order valence-electron chi connectivity index (χ1n) is 11.1. The molecule has 0 spiro atoms. The Balaban J connectivity index is 1.84. The van der Waals surface area contributed by atoms with Gasteiger partial charge < -0.3 is 19.1 Å². The molecule has 0 aromatic heterocycles. The molecule has 2 aliphatic rings. The van der Waals surface area contributed by atoms with Gasteiger partial charge in [-0.25, -0.2) is 14.4 Å². The van der Waals surface area contributed by atoms with E-state index in [9.17, 15) is 19.2 Å². The fraction of sp³-hybridized carbons (Fsp3) is 0.308. The molecule has 2 heterocycles. The monoisotopic (exact) mass is 463 g/mol. The number of nitrogens with zero attached hydrogens (tertiary/aromatic N) is 1. The number of hydrogen-bond acceptors (Lipinski definition) is 7. The smallest absolute Gasteiger partial charge is 0.344 e. The maximum atomic E-state index is 13.9. The molecule has 0 aliphatic carbocycles. The molecule has 0 bridgehead atoms. The minimum Gasteiger partial charge on any atom is -0.464 e. The molecule has 8 heteroatoms. The molecule has 2 aromatic rings. The normalized spacial score (nSPS) is 20.1. The predicted molar refractivity (Wildman–Crippen MR) is 120 cm³/mol. The number of benzene rings is 2. The van der Waals surface area contributed by atoms with Crippen molar-refractivity contribution in [1.82, 2.24) is 4.90 Å². The Bertz CT molecular complexity index is 1120. The summed E-state index contributed by atoms with van der Waals surface area (Å²) in [5.74, 6) is -3.16. The number of fused-ring (bicyclic) bond motifs is 3.